The smallest absolute Gasteiger partial charge is 0.220 e. The van der Waals surface area contributed by atoms with E-state index >= 15 is 0 Å². The lowest BCUT2D eigenvalue weighted by Gasteiger charge is -2.38. The van der Waals surface area contributed by atoms with Gasteiger partial charge in [-0.05, 0) is 12.8 Å². The summed E-state index contributed by atoms with van der Waals surface area (Å²) in [5.41, 5.74) is 0.0427. The Kier molecular flexibility index (Phi) is 2.21. The van der Waals surface area contributed by atoms with Crippen LogP contribution in [0.15, 0.2) is 0 Å². The fourth-order valence-electron chi connectivity index (χ4n) is 2.52. The maximum atomic E-state index is 11.2. The Hall–Kier alpha value is -1.06. The van der Waals surface area contributed by atoms with Crippen molar-refractivity contribution in [2.75, 3.05) is 19.6 Å². The predicted octanol–water partition coefficient (Wildman–Crippen LogP) is 0.135. The highest BCUT2D eigenvalue weighted by molar-refractivity contribution is 5.79. The van der Waals surface area contributed by atoms with Crippen LogP contribution in [0.3, 0.4) is 0 Å². The van der Waals surface area contributed by atoms with E-state index in [1.54, 1.807) is 6.92 Å². The van der Waals surface area contributed by atoms with E-state index in [2.05, 4.69) is 5.32 Å². The lowest BCUT2D eigenvalue weighted by molar-refractivity contribution is -0.132. The summed E-state index contributed by atoms with van der Waals surface area (Å²) in [5.74, 6) is 0.263. The van der Waals surface area contributed by atoms with Crippen molar-refractivity contribution in [3.05, 3.63) is 0 Å². The highest BCUT2D eigenvalue weighted by Crippen LogP contribution is 2.35. The fourth-order valence-corrected chi connectivity index (χ4v) is 2.52. The van der Waals surface area contributed by atoms with Crippen LogP contribution in [0.4, 0.5) is 0 Å². The Balaban J connectivity index is 2.06. The van der Waals surface area contributed by atoms with Crippen LogP contribution in [-0.4, -0.2) is 36.3 Å². The number of nitrogens with zero attached hydrogens (tertiary/aromatic N) is 1. The van der Waals surface area contributed by atoms with Crippen molar-refractivity contribution in [1.29, 1.82) is 0 Å². The summed E-state index contributed by atoms with van der Waals surface area (Å²) in [6, 6.07) is 0. The monoisotopic (exact) mass is 196 g/mol. The van der Waals surface area contributed by atoms with Gasteiger partial charge in [-0.15, -0.1) is 0 Å². The minimum Gasteiger partial charge on any atom is -0.355 e. The van der Waals surface area contributed by atoms with Crippen molar-refractivity contribution >= 4 is 11.8 Å². The number of hydrogen-bond donors (Lipinski definition) is 1. The number of likely N-dealkylation sites (tertiary alicyclic amines) is 1. The van der Waals surface area contributed by atoms with E-state index in [0.29, 0.717) is 6.42 Å². The molecule has 0 aliphatic carbocycles. The minimum atomic E-state index is 0.0427. The van der Waals surface area contributed by atoms with Crippen LogP contribution < -0.4 is 5.32 Å². The molecule has 2 amide bonds. The molecule has 0 aromatic carbocycles. The third-order valence-corrected chi connectivity index (χ3v) is 3.30. The first-order valence-electron chi connectivity index (χ1n) is 5.14. The topological polar surface area (TPSA) is 49.4 Å². The summed E-state index contributed by atoms with van der Waals surface area (Å²) >= 11 is 0. The van der Waals surface area contributed by atoms with E-state index in [1.807, 2.05) is 4.90 Å². The summed E-state index contributed by atoms with van der Waals surface area (Å²) in [5, 5.41) is 2.86. The van der Waals surface area contributed by atoms with E-state index in [4.69, 9.17) is 0 Å². The van der Waals surface area contributed by atoms with Gasteiger partial charge in [-0.3, -0.25) is 9.59 Å². The van der Waals surface area contributed by atoms with Gasteiger partial charge in [-0.2, -0.15) is 0 Å². The molecule has 14 heavy (non-hydrogen) atoms. The maximum Gasteiger partial charge on any atom is 0.220 e. The SMILES string of the molecule is CC(=O)N1CCCC2(CNC(=O)C2)C1. The number of amides is 2. The Morgan fingerprint density at radius 3 is 2.93 bits per heavy atom. The molecule has 2 aliphatic rings. The van der Waals surface area contributed by atoms with Gasteiger partial charge in [0.15, 0.2) is 0 Å². The number of rotatable bonds is 0. The van der Waals surface area contributed by atoms with Crippen molar-refractivity contribution in [1.82, 2.24) is 10.2 Å². The minimum absolute atomic E-state index is 0.0427. The maximum absolute atomic E-state index is 11.2. The summed E-state index contributed by atoms with van der Waals surface area (Å²) in [6.07, 6.45) is 2.68. The zero-order chi connectivity index (χ0) is 10.2. The van der Waals surface area contributed by atoms with Crippen LogP contribution >= 0.6 is 0 Å². The van der Waals surface area contributed by atoms with Crippen LogP contribution in [0.2, 0.25) is 0 Å². The fraction of sp³-hybridized carbons (Fsp3) is 0.800. The third kappa shape index (κ3) is 1.61. The van der Waals surface area contributed by atoms with Crippen LogP contribution in [0.5, 0.6) is 0 Å². The molecule has 1 atom stereocenters. The number of carbonyl (C=O) groups is 2. The molecule has 0 bridgehead atoms. The predicted molar refractivity (Wildman–Crippen MR) is 51.5 cm³/mol. The number of nitrogens with one attached hydrogen (secondary N) is 1. The van der Waals surface area contributed by atoms with Gasteiger partial charge in [-0.25, -0.2) is 0 Å². The molecule has 2 heterocycles. The first kappa shape index (κ1) is 9.49. The molecule has 2 saturated heterocycles. The Morgan fingerprint density at radius 2 is 2.36 bits per heavy atom. The Morgan fingerprint density at radius 1 is 1.57 bits per heavy atom. The summed E-state index contributed by atoms with van der Waals surface area (Å²) in [7, 11) is 0. The first-order chi connectivity index (χ1) is 6.61. The molecule has 0 saturated carbocycles. The molecule has 1 unspecified atom stereocenters. The number of carbonyl (C=O) groups excluding carboxylic acids is 2. The van der Waals surface area contributed by atoms with Gasteiger partial charge in [0, 0.05) is 38.4 Å². The van der Waals surface area contributed by atoms with E-state index in [-0.39, 0.29) is 17.2 Å². The van der Waals surface area contributed by atoms with Gasteiger partial charge >= 0.3 is 0 Å². The van der Waals surface area contributed by atoms with Crippen molar-refractivity contribution in [2.24, 2.45) is 5.41 Å². The van der Waals surface area contributed by atoms with E-state index in [1.165, 1.54) is 0 Å². The number of hydrogen-bond acceptors (Lipinski definition) is 2. The highest BCUT2D eigenvalue weighted by Gasteiger charge is 2.42. The quantitative estimate of drug-likeness (QED) is 0.599. The molecular formula is C10H16N2O2. The summed E-state index contributed by atoms with van der Waals surface area (Å²) in [4.78, 5) is 24.3. The van der Waals surface area contributed by atoms with Crippen LogP contribution in [0.1, 0.15) is 26.2 Å². The van der Waals surface area contributed by atoms with Gasteiger partial charge in [0.05, 0.1) is 0 Å². The molecule has 2 fully saturated rings. The summed E-state index contributed by atoms with van der Waals surface area (Å²) in [6.45, 7) is 3.95. The van der Waals surface area contributed by atoms with Crippen LogP contribution in [-0.2, 0) is 9.59 Å². The second-order valence-corrected chi connectivity index (χ2v) is 4.50. The molecule has 4 nitrogen and oxygen atoms in total. The third-order valence-electron chi connectivity index (χ3n) is 3.30. The molecule has 2 rings (SSSR count). The lowest BCUT2D eigenvalue weighted by Crippen LogP contribution is -2.46. The Bertz CT molecular complexity index is 277. The van der Waals surface area contributed by atoms with Gasteiger partial charge < -0.3 is 10.2 Å². The normalized spacial score (nSPS) is 32.1. The summed E-state index contributed by atoms with van der Waals surface area (Å²) < 4.78 is 0. The average Bonchev–Trinajstić information content (AvgIpc) is 2.47. The standard InChI is InChI=1S/C10H16N2O2/c1-8(13)12-4-2-3-10(7-12)5-9(14)11-6-10/h2-7H2,1H3,(H,11,14). The molecule has 0 aromatic rings. The zero-order valence-corrected chi connectivity index (χ0v) is 8.51. The first-order valence-corrected chi connectivity index (χ1v) is 5.14. The molecule has 0 aromatic heterocycles. The number of piperidine rings is 1. The largest absolute Gasteiger partial charge is 0.355 e. The highest BCUT2D eigenvalue weighted by atomic mass is 16.2. The molecule has 1 N–H and O–H groups in total. The van der Waals surface area contributed by atoms with Gasteiger partial charge in [0.2, 0.25) is 11.8 Å². The second-order valence-electron chi connectivity index (χ2n) is 4.50. The molecule has 1 spiro atoms. The van der Waals surface area contributed by atoms with Crippen LogP contribution in [0.25, 0.3) is 0 Å². The molecule has 78 valence electrons. The van der Waals surface area contributed by atoms with Crippen LogP contribution in [0, 0.1) is 5.41 Å². The van der Waals surface area contributed by atoms with E-state index < -0.39 is 0 Å². The molecular weight excluding hydrogens is 180 g/mol. The van der Waals surface area contributed by atoms with Gasteiger partial charge in [0.1, 0.15) is 0 Å². The van der Waals surface area contributed by atoms with Crippen molar-refractivity contribution < 1.29 is 9.59 Å². The van der Waals surface area contributed by atoms with Gasteiger partial charge in [0.25, 0.3) is 0 Å². The van der Waals surface area contributed by atoms with E-state index in [0.717, 1.165) is 32.5 Å². The van der Waals surface area contributed by atoms with Gasteiger partial charge in [-0.1, -0.05) is 0 Å². The van der Waals surface area contributed by atoms with Crippen molar-refractivity contribution in [3.63, 3.8) is 0 Å². The molecule has 0 radical (unpaired) electrons. The molecule has 2 aliphatic heterocycles. The second kappa shape index (κ2) is 3.26. The van der Waals surface area contributed by atoms with Crippen molar-refractivity contribution in [3.8, 4) is 0 Å². The van der Waals surface area contributed by atoms with E-state index in [9.17, 15) is 9.59 Å². The average molecular weight is 196 g/mol. The zero-order valence-electron chi connectivity index (χ0n) is 8.51. The Labute approximate surface area is 83.6 Å². The lowest BCUT2D eigenvalue weighted by atomic mass is 9.79. The van der Waals surface area contributed by atoms with Crippen molar-refractivity contribution in [2.45, 2.75) is 26.2 Å². The molecule has 4 heteroatoms.